The van der Waals surface area contributed by atoms with Gasteiger partial charge in [0, 0.05) is 5.02 Å². The Bertz CT molecular complexity index is 1380. The molecule has 0 atom stereocenters. The molecule has 3 aromatic carbocycles. The first-order valence-electron chi connectivity index (χ1n) is 10.1. The summed E-state index contributed by atoms with van der Waals surface area (Å²) in [5, 5.41) is -0.379. The van der Waals surface area contributed by atoms with Crippen molar-refractivity contribution in [1.82, 2.24) is 4.90 Å². The summed E-state index contributed by atoms with van der Waals surface area (Å²) < 4.78 is 37.3. The van der Waals surface area contributed by atoms with Crippen molar-refractivity contribution in [2.45, 2.75) is 6.54 Å². The Kier molecular flexibility index (Phi) is 7.18. The topological polar surface area (TPSA) is 72.9 Å². The summed E-state index contributed by atoms with van der Waals surface area (Å²) in [5.41, 5.74) is 0.978. The molecule has 35 heavy (non-hydrogen) atoms. The van der Waals surface area contributed by atoms with E-state index in [9.17, 15) is 23.2 Å². The molecule has 4 rings (SSSR count). The van der Waals surface area contributed by atoms with E-state index in [0.717, 1.165) is 28.8 Å². The molecule has 1 fully saturated rings. The van der Waals surface area contributed by atoms with E-state index in [2.05, 4.69) is 0 Å². The number of methoxy groups -OCH3 is 1. The Hall–Kier alpha value is -3.69. The van der Waals surface area contributed by atoms with Gasteiger partial charge in [0.15, 0.2) is 11.5 Å². The van der Waals surface area contributed by atoms with Crippen LogP contribution in [0.25, 0.3) is 6.08 Å². The highest BCUT2D eigenvalue weighted by molar-refractivity contribution is 8.18. The second-order valence-corrected chi connectivity index (χ2v) is 8.71. The average molecular weight is 516 g/mol. The second-order valence-electron chi connectivity index (χ2n) is 7.31. The lowest BCUT2D eigenvalue weighted by Crippen LogP contribution is -2.27. The van der Waals surface area contributed by atoms with Gasteiger partial charge in [-0.05, 0) is 71.4 Å². The molecule has 10 heteroatoms. The fraction of sp³-hybridized carbons (Fsp3) is 0.0800. The molecule has 6 nitrogen and oxygen atoms in total. The third-order valence-electron chi connectivity index (χ3n) is 4.97. The molecular formula is C25H16ClF2NO5S. The Morgan fingerprint density at radius 2 is 1.80 bits per heavy atom. The predicted molar refractivity (Wildman–Crippen MR) is 127 cm³/mol. The number of carbonyl (C=O) groups is 3. The Morgan fingerprint density at radius 3 is 2.51 bits per heavy atom. The van der Waals surface area contributed by atoms with Gasteiger partial charge in [-0.25, -0.2) is 13.6 Å². The lowest BCUT2D eigenvalue weighted by atomic mass is 10.1. The van der Waals surface area contributed by atoms with Crippen molar-refractivity contribution >= 4 is 46.6 Å². The first-order chi connectivity index (χ1) is 16.7. The molecule has 0 aromatic heterocycles. The van der Waals surface area contributed by atoms with Crippen LogP contribution >= 0.6 is 23.4 Å². The molecule has 0 N–H and O–H groups in total. The van der Waals surface area contributed by atoms with E-state index in [4.69, 9.17) is 21.1 Å². The number of esters is 1. The second kappa shape index (κ2) is 10.3. The molecule has 2 amide bonds. The zero-order valence-electron chi connectivity index (χ0n) is 18.1. The number of hydrogen-bond donors (Lipinski definition) is 0. The van der Waals surface area contributed by atoms with Gasteiger partial charge in [0.25, 0.3) is 11.1 Å². The molecule has 0 saturated carbocycles. The molecule has 1 saturated heterocycles. The van der Waals surface area contributed by atoms with Crippen LogP contribution in [0.5, 0.6) is 11.5 Å². The van der Waals surface area contributed by atoms with E-state index in [0.29, 0.717) is 11.1 Å². The fourth-order valence-corrected chi connectivity index (χ4v) is 4.31. The van der Waals surface area contributed by atoms with Gasteiger partial charge in [0.05, 0.1) is 24.1 Å². The molecule has 1 aliphatic heterocycles. The Labute approximate surface area is 208 Å². The monoisotopic (exact) mass is 515 g/mol. The summed E-state index contributed by atoms with van der Waals surface area (Å²) in [7, 11) is 1.37. The smallest absolute Gasteiger partial charge is 0.343 e. The van der Waals surface area contributed by atoms with Crippen LogP contribution in [-0.4, -0.2) is 29.1 Å². The molecule has 1 heterocycles. The molecular weight excluding hydrogens is 500 g/mol. The summed E-state index contributed by atoms with van der Waals surface area (Å²) in [4.78, 5) is 38.8. The number of benzene rings is 3. The lowest BCUT2D eigenvalue weighted by Gasteiger charge is -2.13. The fourth-order valence-electron chi connectivity index (χ4n) is 3.24. The number of amides is 2. The van der Waals surface area contributed by atoms with Crippen LogP contribution < -0.4 is 9.47 Å². The number of hydrogen-bond acceptors (Lipinski definition) is 6. The molecule has 0 spiro atoms. The van der Waals surface area contributed by atoms with Crippen LogP contribution in [0.2, 0.25) is 5.02 Å². The zero-order valence-corrected chi connectivity index (χ0v) is 19.7. The van der Waals surface area contributed by atoms with Crippen molar-refractivity contribution in [1.29, 1.82) is 0 Å². The van der Waals surface area contributed by atoms with Crippen LogP contribution in [0.3, 0.4) is 0 Å². The van der Waals surface area contributed by atoms with Crippen molar-refractivity contribution in [3.05, 3.63) is 98.9 Å². The van der Waals surface area contributed by atoms with E-state index >= 15 is 0 Å². The third-order valence-corrected chi connectivity index (χ3v) is 6.22. The van der Waals surface area contributed by atoms with E-state index < -0.39 is 28.8 Å². The number of halogens is 3. The maximum Gasteiger partial charge on any atom is 0.343 e. The van der Waals surface area contributed by atoms with Gasteiger partial charge in [-0.3, -0.25) is 14.5 Å². The minimum atomic E-state index is -0.767. The molecule has 0 bridgehead atoms. The minimum Gasteiger partial charge on any atom is -0.493 e. The maximum atomic E-state index is 13.4. The summed E-state index contributed by atoms with van der Waals surface area (Å²) in [6, 6.07) is 13.4. The molecule has 0 unspecified atom stereocenters. The van der Waals surface area contributed by atoms with Crippen molar-refractivity contribution in [3.63, 3.8) is 0 Å². The van der Waals surface area contributed by atoms with Gasteiger partial charge in [-0.1, -0.05) is 29.8 Å². The van der Waals surface area contributed by atoms with Gasteiger partial charge in [-0.15, -0.1) is 0 Å². The van der Waals surface area contributed by atoms with Crippen LogP contribution in [0.15, 0.2) is 65.6 Å². The predicted octanol–water partition coefficient (Wildman–Crippen LogP) is 6.08. The number of carbonyl (C=O) groups excluding carboxylic acids is 3. The summed E-state index contributed by atoms with van der Waals surface area (Å²) >= 11 is 6.77. The van der Waals surface area contributed by atoms with E-state index in [1.54, 1.807) is 6.07 Å². The first-order valence-corrected chi connectivity index (χ1v) is 11.3. The Morgan fingerprint density at radius 1 is 1.03 bits per heavy atom. The van der Waals surface area contributed by atoms with Gasteiger partial charge >= 0.3 is 5.97 Å². The Balaban J connectivity index is 1.52. The third kappa shape index (κ3) is 5.52. The normalized spacial score (nSPS) is 14.5. The molecule has 178 valence electrons. The first kappa shape index (κ1) is 24.4. The quantitative estimate of drug-likeness (QED) is 0.225. The number of thioether (sulfide) groups is 1. The van der Waals surface area contributed by atoms with E-state index in [1.165, 1.54) is 55.7 Å². The number of rotatable bonds is 6. The van der Waals surface area contributed by atoms with E-state index in [-0.39, 0.29) is 33.5 Å². The molecule has 3 aromatic rings. The van der Waals surface area contributed by atoms with E-state index in [1.807, 2.05) is 0 Å². The van der Waals surface area contributed by atoms with Crippen LogP contribution in [0.4, 0.5) is 13.6 Å². The molecule has 0 aliphatic carbocycles. The maximum absolute atomic E-state index is 13.4. The van der Waals surface area contributed by atoms with Gasteiger partial charge in [0.2, 0.25) is 0 Å². The zero-order chi connectivity index (χ0) is 25.1. The lowest BCUT2D eigenvalue weighted by molar-refractivity contribution is -0.123. The molecule has 0 radical (unpaired) electrons. The highest BCUT2D eigenvalue weighted by atomic mass is 35.5. The van der Waals surface area contributed by atoms with Crippen molar-refractivity contribution in [2.75, 3.05) is 7.11 Å². The molecule has 1 aliphatic rings. The number of imide groups is 1. The van der Waals surface area contributed by atoms with Crippen LogP contribution in [0.1, 0.15) is 21.5 Å². The standard InChI is InChI=1S/C25H16ClF2NO5S/c1-33-21-9-14(5-8-20(21)34-24(31)15-3-2-4-17(27)11-15)10-22-23(30)29(25(32)35-22)13-16-6-7-18(28)12-19(16)26/h2-12H,13H2,1H3/b22-10-. The van der Waals surface area contributed by atoms with Crippen LogP contribution in [0, 0.1) is 11.6 Å². The van der Waals surface area contributed by atoms with Crippen molar-refractivity contribution in [3.8, 4) is 11.5 Å². The van der Waals surface area contributed by atoms with Gasteiger partial charge < -0.3 is 9.47 Å². The highest BCUT2D eigenvalue weighted by Crippen LogP contribution is 2.36. The summed E-state index contributed by atoms with van der Waals surface area (Å²) in [6.07, 6.45) is 1.50. The highest BCUT2D eigenvalue weighted by Gasteiger charge is 2.35. The van der Waals surface area contributed by atoms with Gasteiger partial charge in [-0.2, -0.15) is 0 Å². The number of ether oxygens (including phenoxy) is 2. The van der Waals surface area contributed by atoms with Crippen LogP contribution in [-0.2, 0) is 11.3 Å². The number of nitrogens with zero attached hydrogens (tertiary/aromatic N) is 1. The van der Waals surface area contributed by atoms with Crippen molar-refractivity contribution < 1.29 is 32.6 Å². The summed E-state index contributed by atoms with van der Waals surface area (Å²) in [6.45, 7) is -0.0978. The SMILES string of the molecule is COc1cc(/C=C2\SC(=O)N(Cc3ccc(F)cc3Cl)C2=O)ccc1OC(=O)c1cccc(F)c1. The summed E-state index contributed by atoms with van der Waals surface area (Å²) in [5.74, 6) is -2.10. The largest absolute Gasteiger partial charge is 0.493 e. The average Bonchev–Trinajstić information content (AvgIpc) is 3.08. The van der Waals surface area contributed by atoms with Crippen molar-refractivity contribution in [2.24, 2.45) is 0 Å². The van der Waals surface area contributed by atoms with Gasteiger partial charge in [0.1, 0.15) is 11.6 Å². The minimum absolute atomic E-state index is 0.0334.